The molecule has 1 fully saturated rings. The second-order valence-electron chi connectivity index (χ2n) is 9.69. The Morgan fingerprint density at radius 2 is 1.89 bits per heavy atom. The molecule has 3 heterocycles. The van der Waals surface area contributed by atoms with Crippen molar-refractivity contribution in [1.82, 2.24) is 14.8 Å². The zero-order valence-electron chi connectivity index (χ0n) is 20.6. The monoisotopic (exact) mass is 491 g/mol. The maximum Gasteiger partial charge on any atom is 0.177 e. The van der Waals surface area contributed by atoms with Crippen molar-refractivity contribution in [2.75, 3.05) is 11.6 Å². The lowest BCUT2D eigenvalue weighted by Gasteiger charge is -2.15. The number of carbonyl (C=O) groups excluding carboxylic acids is 1. The van der Waals surface area contributed by atoms with E-state index in [4.69, 9.17) is 4.98 Å². The Morgan fingerprint density at radius 3 is 2.51 bits per heavy atom. The summed E-state index contributed by atoms with van der Waals surface area (Å²) in [5, 5.41) is 7.88. The predicted octanol–water partition coefficient (Wildman–Crippen LogP) is 4.42. The average molecular weight is 492 g/mol. The van der Waals surface area contributed by atoms with Crippen LogP contribution in [0.4, 0.5) is 17.1 Å². The van der Waals surface area contributed by atoms with Crippen molar-refractivity contribution >= 4 is 38.4 Å². The van der Waals surface area contributed by atoms with Gasteiger partial charge in [0.05, 0.1) is 33.4 Å². The number of hydrogen-bond acceptors (Lipinski definition) is 7. The number of carbonyl (C=O) groups is 1. The van der Waals surface area contributed by atoms with Crippen molar-refractivity contribution in [2.45, 2.75) is 51.3 Å². The third-order valence-electron chi connectivity index (χ3n) is 6.79. The quantitative estimate of drug-likeness (QED) is 0.525. The van der Waals surface area contributed by atoms with Crippen LogP contribution in [0.2, 0.25) is 0 Å². The SMILES string of the molecule is CC1=Nc2c(Nc3ccc(-c4nn(C)c(C)c4C)cc3S(C)(=O)=O)cc(CC(=O)C3CC3)nc2C1. The number of nitrogens with one attached hydrogen (secondary N) is 1. The number of anilines is 2. The molecule has 1 aliphatic carbocycles. The minimum atomic E-state index is -3.56. The lowest BCUT2D eigenvalue weighted by Crippen LogP contribution is -2.09. The van der Waals surface area contributed by atoms with Gasteiger partial charge in [0.1, 0.15) is 11.5 Å². The molecule has 0 bridgehead atoms. The minimum absolute atomic E-state index is 0.155. The van der Waals surface area contributed by atoms with E-state index in [0.29, 0.717) is 29.2 Å². The Labute approximate surface area is 205 Å². The Kier molecular flexibility index (Phi) is 5.62. The van der Waals surface area contributed by atoms with E-state index in [9.17, 15) is 13.2 Å². The van der Waals surface area contributed by atoms with Crippen LogP contribution >= 0.6 is 0 Å². The molecular weight excluding hydrogens is 462 g/mol. The molecule has 0 spiro atoms. The van der Waals surface area contributed by atoms with Crippen molar-refractivity contribution in [1.29, 1.82) is 0 Å². The minimum Gasteiger partial charge on any atom is -0.353 e. The van der Waals surface area contributed by atoms with E-state index in [1.807, 2.05) is 40.0 Å². The first-order valence-electron chi connectivity index (χ1n) is 11.7. The lowest BCUT2D eigenvalue weighted by molar-refractivity contribution is -0.119. The lowest BCUT2D eigenvalue weighted by atomic mass is 10.1. The van der Waals surface area contributed by atoms with Crippen molar-refractivity contribution in [3.63, 3.8) is 0 Å². The highest BCUT2D eigenvalue weighted by atomic mass is 32.2. The van der Waals surface area contributed by atoms with Crippen LogP contribution < -0.4 is 5.32 Å². The highest BCUT2D eigenvalue weighted by Crippen LogP contribution is 2.39. The number of aromatic nitrogens is 3. The van der Waals surface area contributed by atoms with Gasteiger partial charge in [0.25, 0.3) is 0 Å². The van der Waals surface area contributed by atoms with Gasteiger partial charge in [-0.05, 0) is 57.4 Å². The Bertz CT molecular complexity index is 1510. The number of pyridine rings is 1. The summed E-state index contributed by atoms with van der Waals surface area (Å²) in [7, 11) is -1.69. The fourth-order valence-electron chi connectivity index (χ4n) is 4.50. The predicted molar refractivity (Wildman–Crippen MR) is 137 cm³/mol. The van der Waals surface area contributed by atoms with Crippen LogP contribution in [-0.4, -0.2) is 40.9 Å². The van der Waals surface area contributed by atoms with Gasteiger partial charge in [-0.3, -0.25) is 19.5 Å². The Balaban J connectivity index is 1.57. The second kappa shape index (κ2) is 8.41. The fraction of sp³-hybridized carbons (Fsp3) is 0.385. The number of aryl methyl sites for hydroxylation is 1. The zero-order chi connectivity index (χ0) is 25.1. The van der Waals surface area contributed by atoms with Crippen molar-refractivity contribution in [2.24, 2.45) is 18.0 Å². The van der Waals surface area contributed by atoms with E-state index >= 15 is 0 Å². The summed E-state index contributed by atoms with van der Waals surface area (Å²) >= 11 is 0. The van der Waals surface area contributed by atoms with Gasteiger partial charge in [-0.15, -0.1) is 0 Å². The van der Waals surface area contributed by atoms with Crippen LogP contribution in [0, 0.1) is 19.8 Å². The number of aliphatic imine (C=N–C) groups is 1. The Morgan fingerprint density at radius 1 is 1.14 bits per heavy atom. The van der Waals surface area contributed by atoms with Crippen LogP contribution in [-0.2, 0) is 34.5 Å². The molecule has 0 atom stereocenters. The number of Topliss-reactive ketones (excluding diaryl/α,β-unsaturated/α-hetero) is 1. The summed E-state index contributed by atoms with van der Waals surface area (Å²) in [6, 6.07) is 7.13. The van der Waals surface area contributed by atoms with Gasteiger partial charge in [-0.2, -0.15) is 5.10 Å². The van der Waals surface area contributed by atoms with Crippen LogP contribution in [0.15, 0.2) is 34.2 Å². The first-order chi connectivity index (χ1) is 16.5. The number of benzene rings is 1. The van der Waals surface area contributed by atoms with Crippen molar-refractivity contribution in [3.8, 4) is 11.3 Å². The number of ketones is 1. The van der Waals surface area contributed by atoms with E-state index in [0.717, 1.165) is 46.8 Å². The van der Waals surface area contributed by atoms with Crippen LogP contribution in [0.5, 0.6) is 0 Å². The van der Waals surface area contributed by atoms with E-state index in [-0.39, 0.29) is 23.0 Å². The van der Waals surface area contributed by atoms with Gasteiger partial charge >= 0.3 is 0 Å². The van der Waals surface area contributed by atoms with Crippen LogP contribution in [0.1, 0.15) is 42.4 Å². The second-order valence-corrected chi connectivity index (χ2v) is 11.7. The van der Waals surface area contributed by atoms with Gasteiger partial charge in [-0.1, -0.05) is 6.07 Å². The average Bonchev–Trinajstić information content (AvgIpc) is 3.52. The van der Waals surface area contributed by atoms with E-state index in [1.165, 1.54) is 6.26 Å². The summed E-state index contributed by atoms with van der Waals surface area (Å²) in [6.45, 7) is 5.90. The third kappa shape index (κ3) is 4.52. The summed E-state index contributed by atoms with van der Waals surface area (Å²) in [5.41, 5.74) is 7.77. The molecule has 3 aromatic rings. The standard InChI is InChI=1S/C26H29N5O3S/c1-14-10-21-26(27-14)22(12-19(28-21)13-23(32)17-6-7-17)29-20-9-8-18(11-24(20)35(5,33)34)25-15(2)16(3)31(4)30-25/h8-9,11-12,17H,6-7,10,13H2,1-5H3,(H,28,29). The van der Waals surface area contributed by atoms with E-state index in [2.05, 4.69) is 15.4 Å². The zero-order valence-corrected chi connectivity index (χ0v) is 21.5. The molecule has 35 heavy (non-hydrogen) atoms. The summed E-state index contributed by atoms with van der Waals surface area (Å²) in [5.74, 6) is 0.365. The molecular formula is C26H29N5O3S. The molecule has 5 rings (SSSR count). The van der Waals surface area contributed by atoms with Gasteiger partial charge < -0.3 is 5.32 Å². The highest BCUT2D eigenvalue weighted by Gasteiger charge is 2.30. The van der Waals surface area contributed by atoms with E-state index < -0.39 is 9.84 Å². The van der Waals surface area contributed by atoms with Gasteiger partial charge in [-0.25, -0.2) is 8.42 Å². The molecule has 9 heteroatoms. The number of fused-ring (bicyclic) bond motifs is 1. The van der Waals surface area contributed by atoms with Crippen molar-refractivity contribution < 1.29 is 13.2 Å². The molecule has 0 radical (unpaired) electrons. The van der Waals surface area contributed by atoms with E-state index in [1.54, 1.807) is 16.8 Å². The molecule has 0 unspecified atom stereocenters. The molecule has 182 valence electrons. The van der Waals surface area contributed by atoms with Crippen LogP contribution in [0.25, 0.3) is 11.3 Å². The third-order valence-corrected chi connectivity index (χ3v) is 7.93. The maximum atomic E-state index is 12.8. The van der Waals surface area contributed by atoms with Crippen LogP contribution in [0.3, 0.4) is 0 Å². The van der Waals surface area contributed by atoms with Gasteiger partial charge in [0.15, 0.2) is 9.84 Å². The van der Waals surface area contributed by atoms with Gasteiger partial charge in [0.2, 0.25) is 0 Å². The highest BCUT2D eigenvalue weighted by molar-refractivity contribution is 7.90. The number of rotatable bonds is 7. The molecule has 8 nitrogen and oxygen atoms in total. The first-order valence-corrected chi connectivity index (χ1v) is 13.6. The molecule has 1 aliphatic heterocycles. The molecule has 1 N–H and O–H groups in total. The summed E-state index contributed by atoms with van der Waals surface area (Å²) in [6.07, 6.45) is 4.01. The molecule has 0 amide bonds. The number of hydrogen-bond donors (Lipinski definition) is 1. The summed E-state index contributed by atoms with van der Waals surface area (Å²) < 4.78 is 27.4. The normalized spacial score (nSPS) is 15.2. The number of nitrogens with zero attached hydrogens (tertiary/aromatic N) is 4. The maximum absolute atomic E-state index is 12.8. The molecule has 2 aromatic heterocycles. The number of sulfone groups is 1. The molecule has 0 saturated heterocycles. The smallest absolute Gasteiger partial charge is 0.177 e. The fourth-order valence-corrected chi connectivity index (χ4v) is 5.36. The topological polar surface area (TPSA) is 106 Å². The first kappa shape index (κ1) is 23.4. The summed E-state index contributed by atoms with van der Waals surface area (Å²) in [4.78, 5) is 22.0. The molecule has 1 aromatic carbocycles. The largest absolute Gasteiger partial charge is 0.353 e. The molecule has 1 saturated carbocycles. The van der Waals surface area contributed by atoms with Crippen molar-refractivity contribution in [3.05, 3.63) is 46.9 Å². The Hall–Kier alpha value is -3.33. The molecule has 2 aliphatic rings. The van der Waals surface area contributed by atoms with Gasteiger partial charge in [0, 0.05) is 49.0 Å².